The van der Waals surface area contributed by atoms with E-state index in [1.54, 1.807) is 42.6 Å². The third-order valence-corrected chi connectivity index (χ3v) is 7.70. The molecule has 0 unspecified atom stereocenters. The van der Waals surface area contributed by atoms with Crippen LogP contribution in [0, 0.1) is 5.82 Å². The second kappa shape index (κ2) is 12.3. The molecule has 5 rings (SSSR count). The summed E-state index contributed by atoms with van der Waals surface area (Å²) in [5.74, 6) is -0.988. The van der Waals surface area contributed by atoms with Crippen LogP contribution in [0.3, 0.4) is 0 Å². The van der Waals surface area contributed by atoms with E-state index >= 15 is 4.39 Å². The highest BCUT2D eigenvalue weighted by molar-refractivity contribution is 6.09. The molecule has 1 aliphatic heterocycles. The zero-order chi connectivity index (χ0) is 29.9. The molecule has 1 saturated heterocycles. The minimum absolute atomic E-state index is 0.0658. The first-order valence-corrected chi connectivity index (χ1v) is 14.1. The van der Waals surface area contributed by atoms with Crippen molar-refractivity contribution in [3.8, 4) is 5.69 Å². The Hall–Kier alpha value is -4.34. The van der Waals surface area contributed by atoms with Crippen LogP contribution in [-0.4, -0.2) is 60.6 Å². The van der Waals surface area contributed by atoms with Gasteiger partial charge in [-0.1, -0.05) is 48.5 Å². The number of nitrogens with zero attached hydrogens (tertiary/aromatic N) is 4. The lowest BCUT2D eigenvalue weighted by molar-refractivity contribution is -0.604. The van der Waals surface area contributed by atoms with Crippen molar-refractivity contribution < 1.29 is 23.3 Å². The largest absolute Gasteiger partial charge is 0.451 e. The number of ether oxygens (including phenoxy) is 1. The molecule has 1 fully saturated rings. The zero-order valence-corrected chi connectivity index (χ0v) is 24.5. The van der Waals surface area contributed by atoms with E-state index in [9.17, 15) is 9.59 Å². The maximum atomic E-state index is 15.3. The number of piperazine rings is 1. The molecule has 1 aliphatic rings. The molecule has 1 aromatic heterocycles. The normalized spacial score (nSPS) is 14.5. The Labute approximate surface area is 245 Å². The summed E-state index contributed by atoms with van der Waals surface area (Å²) in [5, 5.41) is 1.83. The number of nitrogens with one attached hydrogen (secondary N) is 1. The predicted molar refractivity (Wildman–Crippen MR) is 161 cm³/mol. The number of para-hydroxylation sites is 2. The quantitative estimate of drug-likeness (QED) is 0.268. The highest BCUT2D eigenvalue weighted by Crippen LogP contribution is 2.26. The van der Waals surface area contributed by atoms with Gasteiger partial charge in [0, 0.05) is 49.2 Å². The molecule has 2 amide bonds. The van der Waals surface area contributed by atoms with Crippen LogP contribution < -0.4 is 15.0 Å². The Kier molecular flexibility index (Phi) is 8.51. The number of pyridine rings is 1. The van der Waals surface area contributed by atoms with Gasteiger partial charge in [-0.25, -0.2) is 9.18 Å². The third-order valence-electron chi connectivity index (χ3n) is 7.70. The van der Waals surface area contributed by atoms with E-state index in [1.165, 1.54) is 13.2 Å². The van der Waals surface area contributed by atoms with Crippen molar-refractivity contribution >= 4 is 28.5 Å². The second-order valence-corrected chi connectivity index (χ2v) is 11.4. The van der Waals surface area contributed by atoms with Gasteiger partial charge in [0.15, 0.2) is 6.20 Å². The molecule has 3 aromatic carbocycles. The Bertz CT molecular complexity index is 1570. The van der Waals surface area contributed by atoms with Gasteiger partial charge in [0.1, 0.15) is 11.4 Å². The molecule has 4 aromatic rings. The van der Waals surface area contributed by atoms with Gasteiger partial charge in [0.2, 0.25) is 11.4 Å². The molecule has 2 heterocycles. The molecule has 0 atom stereocenters. The Morgan fingerprint density at radius 1 is 0.905 bits per heavy atom. The molecular formula is C33H37FN5O3+. The molecule has 9 heteroatoms. The first-order chi connectivity index (χ1) is 20.2. The van der Waals surface area contributed by atoms with Crippen molar-refractivity contribution in [1.29, 1.82) is 0 Å². The summed E-state index contributed by atoms with van der Waals surface area (Å²) in [6.45, 7) is 10.5. The van der Waals surface area contributed by atoms with Gasteiger partial charge in [0.25, 0.3) is 5.91 Å². The van der Waals surface area contributed by atoms with Crippen LogP contribution in [0.1, 0.15) is 36.8 Å². The summed E-state index contributed by atoms with van der Waals surface area (Å²) in [7, 11) is 1.25. The van der Waals surface area contributed by atoms with E-state index in [1.807, 2.05) is 41.0 Å². The van der Waals surface area contributed by atoms with Crippen molar-refractivity contribution in [1.82, 2.24) is 15.2 Å². The van der Waals surface area contributed by atoms with Gasteiger partial charge >= 0.3 is 6.09 Å². The fourth-order valence-corrected chi connectivity index (χ4v) is 5.43. The zero-order valence-electron chi connectivity index (χ0n) is 24.5. The smallest absolute Gasteiger partial charge is 0.433 e. The number of methoxy groups -OCH3 is 1. The van der Waals surface area contributed by atoms with Crippen molar-refractivity contribution in [2.75, 3.05) is 38.3 Å². The van der Waals surface area contributed by atoms with Gasteiger partial charge < -0.3 is 4.74 Å². The van der Waals surface area contributed by atoms with Crippen molar-refractivity contribution in [3.05, 3.63) is 102 Å². The number of carbonyl (C=O) groups is 2. The van der Waals surface area contributed by atoms with Crippen LogP contribution in [0.2, 0.25) is 0 Å². The lowest BCUT2D eigenvalue weighted by Crippen LogP contribution is -2.54. The maximum absolute atomic E-state index is 15.3. The Balaban J connectivity index is 1.64. The number of halogens is 1. The lowest BCUT2D eigenvalue weighted by atomic mass is 10.0. The SMILES string of the molecule is COC(=O)N(NC(=O)c1c(CN2CCN(C(C)(C)C)CC2)[n+](-c2ccccc2)cc2c(F)cccc12)c1ccccc1. The number of amides is 2. The van der Waals surface area contributed by atoms with E-state index in [4.69, 9.17) is 4.74 Å². The van der Waals surface area contributed by atoms with Gasteiger partial charge in [-0.3, -0.25) is 20.0 Å². The predicted octanol–water partition coefficient (Wildman–Crippen LogP) is 5.09. The van der Waals surface area contributed by atoms with E-state index < -0.39 is 17.8 Å². The van der Waals surface area contributed by atoms with Gasteiger partial charge in [-0.05, 0) is 39.0 Å². The fourth-order valence-electron chi connectivity index (χ4n) is 5.43. The standard InChI is InChI=1S/C33H36FN5O3/c1-33(2,3)37-20-18-36(19-21-37)23-29-30(31(40)35-39(32(41)42-4)25-14-9-6-10-15-25)26-16-11-17-28(34)27(26)22-38(29)24-12-7-5-8-13-24/h5-17,22H,18-21,23H2,1-4H3/p+1. The molecule has 1 N–H and O–H groups in total. The first-order valence-electron chi connectivity index (χ1n) is 14.1. The number of rotatable bonds is 5. The van der Waals surface area contributed by atoms with Crippen LogP contribution in [-0.2, 0) is 11.3 Å². The van der Waals surface area contributed by atoms with E-state index in [0.717, 1.165) is 36.9 Å². The van der Waals surface area contributed by atoms with Crippen LogP contribution in [0.4, 0.5) is 14.9 Å². The number of hydrogen-bond donors (Lipinski definition) is 1. The van der Waals surface area contributed by atoms with Crippen LogP contribution >= 0.6 is 0 Å². The van der Waals surface area contributed by atoms with Crippen molar-refractivity contribution in [2.24, 2.45) is 0 Å². The minimum Gasteiger partial charge on any atom is -0.451 e. The van der Waals surface area contributed by atoms with Crippen molar-refractivity contribution in [3.63, 3.8) is 0 Å². The number of hydrogen-bond acceptors (Lipinski definition) is 5. The van der Waals surface area contributed by atoms with Gasteiger partial charge in [-0.15, -0.1) is 0 Å². The molecule has 0 radical (unpaired) electrons. The van der Waals surface area contributed by atoms with Crippen LogP contribution in [0.5, 0.6) is 0 Å². The molecule has 218 valence electrons. The van der Waals surface area contributed by atoms with Gasteiger partial charge in [-0.2, -0.15) is 9.58 Å². The second-order valence-electron chi connectivity index (χ2n) is 11.4. The molecule has 8 nitrogen and oxygen atoms in total. The molecule has 0 aliphatic carbocycles. The molecule has 0 bridgehead atoms. The number of benzene rings is 3. The van der Waals surface area contributed by atoms with E-state index in [0.29, 0.717) is 34.3 Å². The topological polar surface area (TPSA) is 69.0 Å². The summed E-state index contributed by atoms with van der Waals surface area (Å²) in [6.07, 6.45) is 1.00. The fraction of sp³-hybridized carbons (Fsp3) is 0.303. The first kappa shape index (κ1) is 29.2. The highest BCUT2D eigenvalue weighted by Gasteiger charge is 2.33. The molecular weight excluding hydrogens is 533 g/mol. The van der Waals surface area contributed by atoms with Crippen LogP contribution in [0.15, 0.2) is 85.1 Å². The monoisotopic (exact) mass is 570 g/mol. The average molecular weight is 571 g/mol. The summed E-state index contributed by atoms with van der Waals surface area (Å²) in [5.41, 5.74) is 5.03. The minimum atomic E-state index is -0.753. The third kappa shape index (κ3) is 6.12. The summed E-state index contributed by atoms with van der Waals surface area (Å²) < 4.78 is 22.2. The number of aromatic nitrogens is 1. The van der Waals surface area contributed by atoms with Crippen molar-refractivity contribution in [2.45, 2.75) is 32.9 Å². The lowest BCUT2D eigenvalue weighted by Gasteiger charge is -2.42. The Morgan fingerprint density at radius 3 is 2.17 bits per heavy atom. The van der Waals surface area contributed by atoms with E-state index in [2.05, 4.69) is 36.0 Å². The molecule has 42 heavy (non-hydrogen) atoms. The number of hydrazine groups is 1. The molecule has 0 saturated carbocycles. The summed E-state index contributed by atoms with van der Waals surface area (Å²) >= 11 is 0. The Morgan fingerprint density at radius 2 is 1.55 bits per heavy atom. The van der Waals surface area contributed by atoms with E-state index in [-0.39, 0.29) is 5.54 Å². The summed E-state index contributed by atoms with van der Waals surface area (Å²) in [4.78, 5) is 31.9. The maximum Gasteiger partial charge on any atom is 0.433 e. The number of fused-ring (bicyclic) bond motifs is 1. The number of carbonyl (C=O) groups excluding carboxylic acids is 2. The number of anilines is 1. The molecule has 0 spiro atoms. The highest BCUT2D eigenvalue weighted by atomic mass is 19.1. The summed E-state index contributed by atoms with van der Waals surface area (Å²) in [6, 6.07) is 23.1. The average Bonchev–Trinajstić information content (AvgIpc) is 3.00. The van der Waals surface area contributed by atoms with Crippen LogP contribution in [0.25, 0.3) is 16.5 Å². The van der Waals surface area contributed by atoms with Gasteiger partial charge in [0.05, 0.1) is 24.7 Å².